The maximum absolute atomic E-state index is 12.5. The molecule has 0 unspecified atom stereocenters. The van der Waals surface area contributed by atoms with Crippen LogP contribution in [0.1, 0.15) is 50.5 Å². The Morgan fingerprint density at radius 1 is 1.19 bits per heavy atom. The van der Waals surface area contributed by atoms with E-state index in [1.54, 1.807) is 7.11 Å². The number of hydrogen-bond acceptors (Lipinski definition) is 3. The standard InChI is InChI=1S/C22H32N2O3/c1-27-20-9-6-18(7-10-20)13-15-24-16-19(8-11-21(24)25)22(26)23-14-12-17-4-2-3-5-17/h6-7,9-10,17,19H,2-5,8,11-16H2,1H3,(H,23,26)/t19-/m1/s1. The number of nitrogens with one attached hydrogen (secondary N) is 1. The fraction of sp³-hybridized carbons (Fsp3) is 0.636. The second kappa shape index (κ2) is 9.77. The van der Waals surface area contributed by atoms with Crippen LogP contribution in [-0.2, 0) is 16.0 Å². The number of ether oxygens (including phenoxy) is 1. The van der Waals surface area contributed by atoms with Gasteiger partial charge in [0.25, 0.3) is 0 Å². The fourth-order valence-electron chi connectivity index (χ4n) is 4.24. The summed E-state index contributed by atoms with van der Waals surface area (Å²) in [5, 5.41) is 3.11. The molecule has 0 radical (unpaired) electrons. The van der Waals surface area contributed by atoms with Crippen molar-refractivity contribution in [1.29, 1.82) is 0 Å². The summed E-state index contributed by atoms with van der Waals surface area (Å²) in [5.74, 6) is 1.84. The molecule has 1 aromatic carbocycles. The molecule has 5 heteroatoms. The first kappa shape index (κ1) is 19.7. The third kappa shape index (κ3) is 5.72. The summed E-state index contributed by atoms with van der Waals surface area (Å²) >= 11 is 0. The number of carbonyl (C=O) groups is 2. The third-order valence-electron chi connectivity index (χ3n) is 6.03. The first-order chi connectivity index (χ1) is 13.2. The number of amides is 2. The Kier molecular flexibility index (Phi) is 7.13. The lowest BCUT2D eigenvalue weighted by Crippen LogP contribution is -2.46. The van der Waals surface area contributed by atoms with Gasteiger partial charge in [-0.25, -0.2) is 0 Å². The number of nitrogens with zero attached hydrogens (tertiary/aromatic N) is 1. The van der Waals surface area contributed by atoms with Gasteiger partial charge >= 0.3 is 0 Å². The molecule has 2 fully saturated rings. The highest BCUT2D eigenvalue weighted by molar-refractivity contribution is 5.83. The molecule has 1 saturated heterocycles. The SMILES string of the molecule is COc1ccc(CCN2C[C@H](C(=O)NCCC3CCCC3)CCC2=O)cc1. The molecular formula is C22H32N2O3. The molecule has 1 aliphatic heterocycles. The van der Waals surface area contributed by atoms with Crippen LogP contribution < -0.4 is 10.1 Å². The normalized spacial score (nSPS) is 20.7. The zero-order valence-electron chi connectivity index (χ0n) is 16.4. The minimum absolute atomic E-state index is 0.0675. The summed E-state index contributed by atoms with van der Waals surface area (Å²) in [6.45, 7) is 1.99. The van der Waals surface area contributed by atoms with Gasteiger partial charge in [-0.05, 0) is 42.9 Å². The van der Waals surface area contributed by atoms with Gasteiger partial charge in [-0.2, -0.15) is 0 Å². The van der Waals surface area contributed by atoms with E-state index in [1.807, 2.05) is 29.2 Å². The van der Waals surface area contributed by atoms with Crippen molar-refractivity contribution in [2.75, 3.05) is 26.7 Å². The van der Waals surface area contributed by atoms with Gasteiger partial charge in [-0.15, -0.1) is 0 Å². The fourth-order valence-corrected chi connectivity index (χ4v) is 4.24. The van der Waals surface area contributed by atoms with E-state index >= 15 is 0 Å². The van der Waals surface area contributed by atoms with Crippen LogP contribution in [0.25, 0.3) is 0 Å². The molecule has 3 rings (SSSR count). The summed E-state index contributed by atoms with van der Waals surface area (Å²) in [6, 6.07) is 7.93. The highest BCUT2D eigenvalue weighted by atomic mass is 16.5. The van der Waals surface area contributed by atoms with Crippen LogP contribution in [0.15, 0.2) is 24.3 Å². The predicted octanol–water partition coefficient (Wildman–Crippen LogP) is 3.17. The van der Waals surface area contributed by atoms with Gasteiger partial charge < -0.3 is 15.0 Å². The van der Waals surface area contributed by atoms with E-state index in [4.69, 9.17) is 4.74 Å². The maximum atomic E-state index is 12.5. The number of rotatable bonds is 8. The summed E-state index contributed by atoms with van der Waals surface area (Å²) in [5.41, 5.74) is 1.17. The highest BCUT2D eigenvalue weighted by Gasteiger charge is 2.30. The summed E-state index contributed by atoms with van der Waals surface area (Å²) in [4.78, 5) is 26.6. The second-order valence-corrected chi connectivity index (χ2v) is 7.90. The Hall–Kier alpha value is -2.04. The van der Waals surface area contributed by atoms with E-state index in [0.717, 1.165) is 31.1 Å². The lowest BCUT2D eigenvalue weighted by molar-refractivity contribution is -0.138. The molecule has 0 aromatic heterocycles. The van der Waals surface area contributed by atoms with Crippen molar-refractivity contribution in [3.05, 3.63) is 29.8 Å². The van der Waals surface area contributed by atoms with Crippen molar-refractivity contribution in [3.8, 4) is 5.75 Å². The first-order valence-electron chi connectivity index (χ1n) is 10.3. The van der Waals surface area contributed by atoms with E-state index in [-0.39, 0.29) is 17.7 Å². The number of hydrogen-bond donors (Lipinski definition) is 1. The van der Waals surface area contributed by atoms with Gasteiger partial charge in [0.05, 0.1) is 13.0 Å². The number of carbonyl (C=O) groups excluding carboxylic acids is 2. The monoisotopic (exact) mass is 372 g/mol. The van der Waals surface area contributed by atoms with Crippen LogP contribution in [0.3, 0.4) is 0 Å². The molecule has 1 saturated carbocycles. The minimum atomic E-state index is -0.0675. The molecule has 1 atom stereocenters. The molecule has 1 N–H and O–H groups in total. The van der Waals surface area contributed by atoms with E-state index in [2.05, 4.69) is 5.32 Å². The summed E-state index contributed by atoms with van der Waals surface area (Å²) < 4.78 is 5.18. The Morgan fingerprint density at radius 2 is 1.93 bits per heavy atom. The quantitative estimate of drug-likeness (QED) is 0.762. The molecule has 0 bridgehead atoms. The molecule has 27 heavy (non-hydrogen) atoms. The molecule has 0 spiro atoms. The average molecular weight is 373 g/mol. The van der Waals surface area contributed by atoms with E-state index in [9.17, 15) is 9.59 Å². The van der Waals surface area contributed by atoms with Crippen LogP contribution in [0.4, 0.5) is 0 Å². The Morgan fingerprint density at radius 3 is 2.63 bits per heavy atom. The summed E-state index contributed by atoms with van der Waals surface area (Å²) in [7, 11) is 1.65. The molecule has 1 aromatic rings. The van der Waals surface area contributed by atoms with Gasteiger partial charge in [-0.3, -0.25) is 9.59 Å². The van der Waals surface area contributed by atoms with Crippen LogP contribution in [-0.4, -0.2) is 43.5 Å². The van der Waals surface area contributed by atoms with E-state index in [0.29, 0.717) is 25.9 Å². The van der Waals surface area contributed by atoms with Gasteiger partial charge in [0.1, 0.15) is 5.75 Å². The van der Waals surface area contributed by atoms with Gasteiger partial charge in [0.15, 0.2) is 0 Å². The lowest BCUT2D eigenvalue weighted by atomic mass is 9.96. The van der Waals surface area contributed by atoms with Gasteiger partial charge in [0.2, 0.25) is 11.8 Å². The summed E-state index contributed by atoms with van der Waals surface area (Å²) in [6.07, 6.45) is 8.35. The second-order valence-electron chi connectivity index (χ2n) is 7.90. The van der Waals surface area contributed by atoms with Crippen molar-refractivity contribution in [1.82, 2.24) is 10.2 Å². The molecule has 5 nitrogen and oxygen atoms in total. The van der Waals surface area contributed by atoms with Crippen molar-refractivity contribution in [2.24, 2.45) is 11.8 Å². The number of likely N-dealkylation sites (tertiary alicyclic amines) is 1. The highest BCUT2D eigenvalue weighted by Crippen LogP contribution is 2.27. The number of benzene rings is 1. The van der Waals surface area contributed by atoms with Crippen LogP contribution >= 0.6 is 0 Å². The van der Waals surface area contributed by atoms with Gasteiger partial charge in [0, 0.05) is 26.1 Å². The number of methoxy groups -OCH3 is 1. The maximum Gasteiger partial charge on any atom is 0.224 e. The minimum Gasteiger partial charge on any atom is -0.497 e. The lowest BCUT2D eigenvalue weighted by Gasteiger charge is -2.32. The molecule has 1 aliphatic carbocycles. The molecule has 2 amide bonds. The molecular weight excluding hydrogens is 340 g/mol. The Bertz CT molecular complexity index is 623. The van der Waals surface area contributed by atoms with Crippen molar-refractivity contribution < 1.29 is 14.3 Å². The first-order valence-corrected chi connectivity index (χ1v) is 10.3. The van der Waals surface area contributed by atoms with Gasteiger partial charge in [-0.1, -0.05) is 37.8 Å². The molecule has 2 aliphatic rings. The smallest absolute Gasteiger partial charge is 0.224 e. The Labute approximate surface area is 162 Å². The zero-order chi connectivity index (χ0) is 19.1. The molecule has 1 heterocycles. The van der Waals surface area contributed by atoms with Crippen LogP contribution in [0.2, 0.25) is 0 Å². The van der Waals surface area contributed by atoms with Crippen LogP contribution in [0, 0.1) is 11.8 Å². The largest absolute Gasteiger partial charge is 0.497 e. The Balaban J connectivity index is 1.43. The third-order valence-corrected chi connectivity index (χ3v) is 6.03. The topological polar surface area (TPSA) is 58.6 Å². The van der Waals surface area contributed by atoms with Crippen molar-refractivity contribution in [3.63, 3.8) is 0 Å². The molecule has 148 valence electrons. The van der Waals surface area contributed by atoms with Crippen molar-refractivity contribution in [2.45, 2.75) is 51.4 Å². The average Bonchev–Trinajstić information content (AvgIpc) is 3.21. The van der Waals surface area contributed by atoms with Crippen LogP contribution in [0.5, 0.6) is 5.75 Å². The van der Waals surface area contributed by atoms with E-state index < -0.39 is 0 Å². The number of piperidine rings is 1. The van der Waals surface area contributed by atoms with E-state index in [1.165, 1.54) is 31.2 Å². The van der Waals surface area contributed by atoms with Crippen molar-refractivity contribution >= 4 is 11.8 Å². The predicted molar refractivity (Wildman–Crippen MR) is 106 cm³/mol. The zero-order valence-corrected chi connectivity index (χ0v) is 16.4.